The van der Waals surface area contributed by atoms with Crippen LogP contribution in [-0.4, -0.2) is 26.8 Å². The molecule has 0 spiro atoms. The van der Waals surface area contributed by atoms with E-state index in [0.717, 1.165) is 25.9 Å². The minimum absolute atomic E-state index is 0. The van der Waals surface area contributed by atoms with Crippen LogP contribution in [0.15, 0.2) is 5.16 Å². The van der Waals surface area contributed by atoms with E-state index in [1.54, 1.807) is 4.68 Å². The highest BCUT2D eigenvalue weighted by molar-refractivity contribution is 7.80. The van der Waals surface area contributed by atoms with Crippen molar-refractivity contribution in [3.05, 3.63) is 0 Å². The molecule has 0 aromatic carbocycles. The van der Waals surface area contributed by atoms with Gasteiger partial charge < -0.3 is 5.73 Å². The summed E-state index contributed by atoms with van der Waals surface area (Å²) in [6.07, 6.45) is 4.53. The fraction of sp³-hybridized carbons (Fsp3) is 0.857. The first kappa shape index (κ1) is 13.7. The molecule has 1 heterocycles. The molecule has 0 aliphatic rings. The van der Waals surface area contributed by atoms with Gasteiger partial charge in [-0.1, -0.05) is 12.8 Å². The average molecular weight is 238 g/mol. The van der Waals surface area contributed by atoms with Gasteiger partial charge in [0.25, 0.3) is 0 Å². The van der Waals surface area contributed by atoms with Crippen LogP contribution in [0.3, 0.4) is 0 Å². The Balaban J connectivity index is 0.00000169. The van der Waals surface area contributed by atoms with Crippen LogP contribution in [0.5, 0.6) is 0 Å². The maximum atomic E-state index is 5.38. The monoisotopic (exact) mass is 237 g/mol. The number of nitrogens with zero attached hydrogens (tertiary/aromatic N) is 4. The van der Waals surface area contributed by atoms with Crippen LogP contribution in [0, 0.1) is 0 Å². The van der Waals surface area contributed by atoms with Crippen LogP contribution in [-0.2, 0) is 6.54 Å². The molecular formula is C7H16ClN5S. The van der Waals surface area contributed by atoms with Gasteiger partial charge in [-0.25, -0.2) is 4.68 Å². The van der Waals surface area contributed by atoms with Gasteiger partial charge in [0.05, 0.1) is 0 Å². The molecule has 0 saturated carbocycles. The molecular weight excluding hydrogens is 222 g/mol. The van der Waals surface area contributed by atoms with E-state index >= 15 is 0 Å². The standard InChI is InChI=1S/C7H15N5S.ClH/c8-5-3-1-2-4-6-12-7(13)9-10-11-12;/h1-6,8H2,(H,9,11,13);1H. The van der Waals surface area contributed by atoms with Gasteiger partial charge in [0.2, 0.25) is 5.16 Å². The molecule has 0 fully saturated rings. The van der Waals surface area contributed by atoms with Crippen LogP contribution in [0.25, 0.3) is 0 Å². The zero-order chi connectivity index (χ0) is 9.52. The topological polar surface area (TPSA) is 69.6 Å². The van der Waals surface area contributed by atoms with Crippen LogP contribution >= 0.6 is 25.0 Å². The number of nitrogens with two attached hydrogens (primary N) is 1. The third kappa shape index (κ3) is 4.78. The molecule has 0 saturated heterocycles. The van der Waals surface area contributed by atoms with E-state index in [-0.39, 0.29) is 12.4 Å². The van der Waals surface area contributed by atoms with E-state index in [4.69, 9.17) is 5.73 Å². The summed E-state index contributed by atoms with van der Waals surface area (Å²) in [5.74, 6) is 0. The summed E-state index contributed by atoms with van der Waals surface area (Å²) in [5, 5.41) is 11.6. The lowest BCUT2D eigenvalue weighted by Gasteiger charge is -2.00. The van der Waals surface area contributed by atoms with Gasteiger partial charge in [-0.3, -0.25) is 0 Å². The number of hydrogen-bond donors (Lipinski definition) is 2. The number of aryl methyl sites for hydroxylation is 1. The molecule has 0 unspecified atom stereocenters. The van der Waals surface area contributed by atoms with Crippen LogP contribution < -0.4 is 5.73 Å². The Morgan fingerprint density at radius 2 is 1.93 bits per heavy atom. The summed E-state index contributed by atoms with van der Waals surface area (Å²) in [5.41, 5.74) is 5.38. The van der Waals surface area contributed by atoms with Crippen LogP contribution in [0.4, 0.5) is 0 Å². The maximum Gasteiger partial charge on any atom is 0.206 e. The fourth-order valence-electron chi connectivity index (χ4n) is 1.10. The molecule has 0 radical (unpaired) electrons. The molecule has 0 amide bonds. The SMILES string of the molecule is Cl.NCCCCCCn1nnnc1S. The summed E-state index contributed by atoms with van der Waals surface area (Å²) in [6, 6.07) is 0. The molecule has 1 aromatic heterocycles. The van der Waals surface area contributed by atoms with Crippen molar-refractivity contribution in [2.45, 2.75) is 37.4 Å². The van der Waals surface area contributed by atoms with Gasteiger partial charge >= 0.3 is 0 Å². The normalized spacial score (nSPS) is 9.86. The minimum atomic E-state index is 0. The summed E-state index contributed by atoms with van der Waals surface area (Å²) in [4.78, 5) is 0. The average Bonchev–Trinajstić information content (AvgIpc) is 2.52. The van der Waals surface area contributed by atoms with Crippen LogP contribution in [0.1, 0.15) is 25.7 Å². The summed E-state index contributed by atoms with van der Waals surface area (Å²) in [6.45, 7) is 1.62. The summed E-state index contributed by atoms with van der Waals surface area (Å²) in [7, 11) is 0. The van der Waals surface area contributed by atoms with Gasteiger partial charge in [-0.15, -0.1) is 30.1 Å². The molecule has 2 N–H and O–H groups in total. The lowest BCUT2D eigenvalue weighted by Crippen LogP contribution is -2.02. The van der Waals surface area contributed by atoms with E-state index in [1.165, 1.54) is 12.8 Å². The van der Waals surface area contributed by atoms with Gasteiger partial charge in [0.15, 0.2) is 0 Å². The summed E-state index contributed by atoms with van der Waals surface area (Å²) < 4.78 is 1.70. The van der Waals surface area contributed by atoms with E-state index in [9.17, 15) is 0 Å². The first-order valence-corrected chi connectivity index (χ1v) is 4.94. The lowest BCUT2D eigenvalue weighted by molar-refractivity contribution is 0.497. The molecule has 82 valence electrons. The number of thiol groups is 1. The number of rotatable bonds is 6. The minimum Gasteiger partial charge on any atom is -0.330 e. The zero-order valence-corrected chi connectivity index (χ0v) is 9.68. The van der Waals surface area contributed by atoms with E-state index < -0.39 is 0 Å². The second-order valence-electron chi connectivity index (χ2n) is 2.90. The Bertz CT molecular complexity index is 242. The van der Waals surface area contributed by atoms with Crippen molar-refractivity contribution in [2.75, 3.05) is 6.54 Å². The molecule has 0 atom stereocenters. The van der Waals surface area contributed by atoms with Gasteiger partial charge in [-0.2, -0.15) is 0 Å². The number of aromatic nitrogens is 4. The Morgan fingerprint density at radius 1 is 1.21 bits per heavy atom. The second kappa shape index (κ2) is 8.02. The number of hydrogen-bond acceptors (Lipinski definition) is 5. The van der Waals surface area contributed by atoms with Gasteiger partial charge in [-0.05, 0) is 29.8 Å². The largest absolute Gasteiger partial charge is 0.330 e. The zero-order valence-electron chi connectivity index (χ0n) is 7.96. The van der Waals surface area contributed by atoms with Crippen molar-refractivity contribution in [1.82, 2.24) is 20.2 Å². The summed E-state index contributed by atoms with van der Waals surface area (Å²) >= 11 is 4.10. The second-order valence-corrected chi connectivity index (χ2v) is 3.30. The fourth-order valence-corrected chi connectivity index (χ4v) is 1.28. The number of tetrazole rings is 1. The van der Waals surface area contributed by atoms with Crippen molar-refractivity contribution in [1.29, 1.82) is 0 Å². The molecule has 0 aliphatic carbocycles. The molecule has 1 aromatic rings. The Kier molecular flexibility index (Phi) is 7.83. The number of halogens is 1. The molecule has 0 bridgehead atoms. The first-order chi connectivity index (χ1) is 6.34. The van der Waals surface area contributed by atoms with Crippen molar-refractivity contribution in [2.24, 2.45) is 5.73 Å². The maximum absolute atomic E-state index is 5.38. The number of unbranched alkanes of at least 4 members (excludes halogenated alkanes) is 3. The molecule has 5 nitrogen and oxygen atoms in total. The highest BCUT2D eigenvalue weighted by atomic mass is 35.5. The van der Waals surface area contributed by atoms with E-state index in [2.05, 4.69) is 28.2 Å². The van der Waals surface area contributed by atoms with Gasteiger partial charge in [0, 0.05) is 6.54 Å². The molecule has 7 heteroatoms. The van der Waals surface area contributed by atoms with Crippen molar-refractivity contribution < 1.29 is 0 Å². The van der Waals surface area contributed by atoms with Gasteiger partial charge in [0.1, 0.15) is 0 Å². The first-order valence-electron chi connectivity index (χ1n) is 4.50. The Hall–Kier alpha value is -0.330. The lowest BCUT2D eigenvalue weighted by atomic mass is 10.2. The quantitative estimate of drug-likeness (QED) is 0.570. The predicted molar refractivity (Wildman–Crippen MR) is 59.8 cm³/mol. The Labute approximate surface area is 95.3 Å². The third-order valence-corrected chi connectivity index (χ3v) is 2.16. The van der Waals surface area contributed by atoms with E-state index in [1.807, 2.05) is 0 Å². The third-order valence-electron chi connectivity index (χ3n) is 1.84. The van der Waals surface area contributed by atoms with Crippen molar-refractivity contribution in [3.63, 3.8) is 0 Å². The molecule has 14 heavy (non-hydrogen) atoms. The van der Waals surface area contributed by atoms with E-state index in [0.29, 0.717) is 5.16 Å². The highest BCUT2D eigenvalue weighted by Crippen LogP contribution is 2.03. The van der Waals surface area contributed by atoms with Crippen molar-refractivity contribution in [3.8, 4) is 0 Å². The van der Waals surface area contributed by atoms with Crippen molar-refractivity contribution >= 4 is 25.0 Å². The Morgan fingerprint density at radius 3 is 2.50 bits per heavy atom. The molecule has 1 rings (SSSR count). The van der Waals surface area contributed by atoms with Crippen LogP contribution in [0.2, 0.25) is 0 Å². The highest BCUT2D eigenvalue weighted by Gasteiger charge is 1.99. The molecule has 0 aliphatic heterocycles. The smallest absolute Gasteiger partial charge is 0.206 e. The predicted octanol–water partition coefficient (Wildman–Crippen LogP) is 0.903.